The van der Waals surface area contributed by atoms with Gasteiger partial charge in [-0.1, -0.05) is 0 Å². The molecule has 2 bridgehead atoms. The second-order valence-corrected chi connectivity index (χ2v) is 6.91. The summed E-state index contributed by atoms with van der Waals surface area (Å²) >= 11 is 0. The molecular weight excluding hydrogens is 332 g/mol. The summed E-state index contributed by atoms with van der Waals surface area (Å²) < 4.78 is 1.56. The number of aromatic nitrogens is 6. The second-order valence-electron chi connectivity index (χ2n) is 6.91. The van der Waals surface area contributed by atoms with Crippen LogP contribution in [0.4, 0.5) is 5.95 Å². The molecule has 0 saturated carbocycles. The predicted molar refractivity (Wildman–Crippen MR) is 92.6 cm³/mol. The zero-order valence-electron chi connectivity index (χ0n) is 14.1. The molecule has 26 heavy (non-hydrogen) atoms. The van der Waals surface area contributed by atoms with Gasteiger partial charge in [-0.3, -0.25) is 4.79 Å². The van der Waals surface area contributed by atoms with Crippen LogP contribution in [-0.4, -0.2) is 66.5 Å². The number of carbonyl (C=O) groups excluding carboxylic acids is 1. The minimum absolute atomic E-state index is 0.0426. The smallest absolute Gasteiger partial charge is 0.254 e. The van der Waals surface area contributed by atoms with Crippen molar-refractivity contribution in [1.29, 1.82) is 0 Å². The first-order chi connectivity index (χ1) is 12.8. The summed E-state index contributed by atoms with van der Waals surface area (Å²) in [6.45, 7) is 2.42. The molecule has 1 amide bonds. The highest BCUT2D eigenvalue weighted by molar-refractivity contribution is 5.95. The SMILES string of the molecule is O=C(c1ccn2nnnc2c1)N1C[C@@H]2CC[C@H]1CN(c1ncccn1)C2. The van der Waals surface area contributed by atoms with Crippen LogP contribution in [0.5, 0.6) is 0 Å². The Labute approximate surface area is 149 Å². The summed E-state index contributed by atoms with van der Waals surface area (Å²) in [5.74, 6) is 1.22. The van der Waals surface area contributed by atoms with Gasteiger partial charge >= 0.3 is 0 Å². The van der Waals surface area contributed by atoms with E-state index in [1.165, 1.54) is 0 Å². The zero-order valence-corrected chi connectivity index (χ0v) is 14.1. The van der Waals surface area contributed by atoms with Gasteiger partial charge < -0.3 is 9.80 Å². The maximum absolute atomic E-state index is 13.1. The summed E-state index contributed by atoms with van der Waals surface area (Å²) in [5, 5.41) is 11.4. The number of carbonyl (C=O) groups is 1. The lowest BCUT2D eigenvalue weighted by Gasteiger charge is -2.36. The first-order valence-electron chi connectivity index (χ1n) is 8.78. The molecule has 9 heteroatoms. The molecule has 132 valence electrons. The molecule has 3 saturated heterocycles. The average Bonchev–Trinajstić information content (AvgIpc) is 2.97. The van der Waals surface area contributed by atoms with Gasteiger partial charge in [0.25, 0.3) is 5.91 Å². The fourth-order valence-electron chi connectivity index (χ4n) is 3.99. The topological polar surface area (TPSA) is 92.4 Å². The van der Waals surface area contributed by atoms with E-state index >= 15 is 0 Å². The summed E-state index contributed by atoms with van der Waals surface area (Å²) in [4.78, 5) is 26.1. The number of anilines is 1. The largest absolute Gasteiger partial charge is 0.338 e. The number of fused-ring (bicyclic) bond motifs is 5. The van der Waals surface area contributed by atoms with Crippen LogP contribution in [0.15, 0.2) is 36.8 Å². The third-order valence-corrected chi connectivity index (χ3v) is 5.25. The maximum Gasteiger partial charge on any atom is 0.254 e. The number of hydrogen-bond acceptors (Lipinski definition) is 7. The highest BCUT2D eigenvalue weighted by atomic mass is 16.2. The molecule has 2 atom stereocenters. The summed E-state index contributed by atoms with van der Waals surface area (Å²) in [6.07, 6.45) is 7.39. The quantitative estimate of drug-likeness (QED) is 0.670. The monoisotopic (exact) mass is 350 g/mol. The van der Waals surface area contributed by atoms with E-state index in [0.29, 0.717) is 17.1 Å². The van der Waals surface area contributed by atoms with Gasteiger partial charge in [-0.2, -0.15) is 0 Å². The van der Waals surface area contributed by atoms with Crippen molar-refractivity contribution in [3.63, 3.8) is 0 Å². The number of piperidine rings is 1. The number of amides is 1. The Morgan fingerprint density at radius 3 is 2.88 bits per heavy atom. The third kappa shape index (κ3) is 2.56. The Morgan fingerprint density at radius 1 is 1.12 bits per heavy atom. The summed E-state index contributed by atoms with van der Waals surface area (Å²) in [7, 11) is 0. The lowest BCUT2D eigenvalue weighted by molar-refractivity contribution is 0.0592. The molecule has 0 aromatic carbocycles. The molecule has 0 N–H and O–H groups in total. The molecule has 3 fully saturated rings. The van der Waals surface area contributed by atoms with Crippen LogP contribution < -0.4 is 4.90 Å². The van der Waals surface area contributed by atoms with E-state index in [2.05, 4.69) is 30.4 Å². The van der Waals surface area contributed by atoms with E-state index < -0.39 is 0 Å². The van der Waals surface area contributed by atoms with Gasteiger partial charge in [0, 0.05) is 49.8 Å². The molecule has 6 heterocycles. The number of rotatable bonds is 2. The van der Waals surface area contributed by atoms with E-state index in [1.54, 1.807) is 35.2 Å². The number of nitrogens with zero attached hydrogens (tertiary/aromatic N) is 8. The molecule has 0 aliphatic carbocycles. The van der Waals surface area contributed by atoms with E-state index in [9.17, 15) is 4.79 Å². The minimum atomic E-state index is 0.0426. The van der Waals surface area contributed by atoms with Gasteiger partial charge in [-0.25, -0.2) is 14.5 Å². The van der Waals surface area contributed by atoms with Crippen molar-refractivity contribution in [2.45, 2.75) is 18.9 Å². The zero-order chi connectivity index (χ0) is 17.5. The van der Waals surface area contributed by atoms with Crippen molar-refractivity contribution in [3.05, 3.63) is 42.4 Å². The van der Waals surface area contributed by atoms with Crippen molar-refractivity contribution in [3.8, 4) is 0 Å². The normalized spacial score (nSPS) is 22.6. The first-order valence-corrected chi connectivity index (χ1v) is 8.78. The highest BCUT2D eigenvalue weighted by Crippen LogP contribution is 2.30. The van der Waals surface area contributed by atoms with Crippen molar-refractivity contribution >= 4 is 17.5 Å². The van der Waals surface area contributed by atoms with Crippen LogP contribution in [0.2, 0.25) is 0 Å². The van der Waals surface area contributed by atoms with Crippen molar-refractivity contribution in [2.24, 2.45) is 5.92 Å². The number of hydrogen-bond donors (Lipinski definition) is 0. The Balaban J connectivity index is 1.42. The molecule has 0 spiro atoms. The highest BCUT2D eigenvalue weighted by Gasteiger charge is 2.38. The van der Waals surface area contributed by atoms with E-state index in [-0.39, 0.29) is 11.9 Å². The van der Waals surface area contributed by atoms with E-state index in [1.807, 2.05) is 11.0 Å². The third-order valence-electron chi connectivity index (χ3n) is 5.25. The molecule has 6 rings (SSSR count). The Hall–Kier alpha value is -3.10. The Kier molecular flexibility index (Phi) is 3.51. The summed E-state index contributed by atoms with van der Waals surface area (Å²) in [6, 6.07) is 5.51. The molecule has 0 unspecified atom stereocenters. The Bertz CT molecular complexity index is 942. The molecule has 3 aromatic heterocycles. The maximum atomic E-state index is 13.1. The molecule has 3 aliphatic rings. The van der Waals surface area contributed by atoms with Gasteiger partial charge in [-0.15, -0.1) is 5.10 Å². The van der Waals surface area contributed by atoms with Crippen LogP contribution in [-0.2, 0) is 0 Å². The van der Waals surface area contributed by atoms with Gasteiger partial charge in [0.1, 0.15) is 0 Å². The van der Waals surface area contributed by atoms with Gasteiger partial charge in [0.05, 0.1) is 0 Å². The first kappa shape index (κ1) is 15.2. The standard InChI is InChI=1S/C17H18N8O/c26-16(13-4-7-25-15(8-13)20-21-22-25)24-10-12-2-3-14(24)11-23(9-12)17-18-5-1-6-19-17/h1,4-8,12,14H,2-3,9-11H2/t12-,14+/m1/s1. The molecule has 3 aliphatic heterocycles. The van der Waals surface area contributed by atoms with Gasteiger partial charge in [-0.05, 0) is 47.4 Å². The Morgan fingerprint density at radius 2 is 2.00 bits per heavy atom. The van der Waals surface area contributed by atoms with Crippen molar-refractivity contribution in [2.75, 3.05) is 24.5 Å². The van der Waals surface area contributed by atoms with Crippen molar-refractivity contribution in [1.82, 2.24) is 34.9 Å². The lowest BCUT2D eigenvalue weighted by atomic mass is 9.94. The van der Waals surface area contributed by atoms with Crippen LogP contribution >= 0.6 is 0 Å². The number of tetrazole rings is 1. The van der Waals surface area contributed by atoms with Gasteiger partial charge in [0.2, 0.25) is 5.95 Å². The molecule has 0 radical (unpaired) electrons. The fourth-order valence-corrected chi connectivity index (χ4v) is 3.99. The van der Waals surface area contributed by atoms with E-state index in [0.717, 1.165) is 38.4 Å². The van der Waals surface area contributed by atoms with Crippen LogP contribution in [0.25, 0.3) is 5.65 Å². The average molecular weight is 350 g/mol. The van der Waals surface area contributed by atoms with Crippen LogP contribution in [0.1, 0.15) is 23.2 Å². The second kappa shape index (κ2) is 6.01. The molecule has 3 aromatic rings. The lowest BCUT2D eigenvalue weighted by Crippen LogP contribution is -2.47. The minimum Gasteiger partial charge on any atom is -0.338 e. The van der Waals surface area contributed by atoms with Gasteiger partial charge in [0.15, 0.2) is 5.65 Å². The summed E-state index contributed by atoms with van der Waals surface area (Å²) in [5.41, 5.74) is 1.21. The van der Waals surface area contributed by atoms with Crippen LogP contribution in [0.3, 0.4) is 0 Å². The fraction of sp³-hybridized carbons (Fsp3) is 0.412. The molecular formula is C17H18N8O. The predicted octanol–water partition coefficient (Wildman–Crippen LogP) is 0.655. The van der Waals surface area contributed by atoms with E-state index in [4.69, 9.17) is 0 Å². The van der Waals surface area contributed by atoms with Crippen LogP contribution in [0, 0.1) is 5.92 Å². The number of pyridine rings is 1. The molecule has 9 nitrogen and oxygen atoms in total. The van der Waals surface area contributed by atoms with Crippen molar-refractivity contribution < 1.29 is 4.79 Å².